The second-order valence-corrected chi connectivity index (χ2v) is 4.72. The number of hydrogen-bond acceptors (Lipinski definition) is 2. The summed E-state index contributed by atoms with van der Waals surface area (Å²) in [4.78, 5) is 12.7. The molecule has 2 unspecified atom stereocenters. The van der Waals surface area contributed by atoms with Gasteiger partial charge in [0.25, 0.3) is 0 Å². The predicted molar refractivity (Wildman–Crippen MR) is 60.9 cm³/mol. The number of aliphatic carboxylic acids is 1. The zero-order valence-electron chi connectivity index (χ0n) is 9.91. The minimum atomic E-state index is -0.690. The zero-order valence-corrected chi connectivity index (χ0v) is 9.91. The molecule has 1 N–H and O–H groups in total. The van der Waals surface area contributed by atoms with E-state index < -0.39 is 5.97 Å². The van der Waals surface area contributed by atoms with E-state index in [2.05, 4.69) is 18.9 Å². The van der Waals surface area contributed by atoms with Gasteiger partial charge in [0.2, 0.25) is 0 Å². The summed E-state index contributed by atoms with van der Waals surface area (Å²) in [5.41, 5.74) is 0. The average Bonchev–Trinajstić information content (AvgIpc) is 2.26. The first-order chi connectivity index (χ1) is 7.13. The summed E-state index contributed by atoms with van der Waals surface area (Å²) in [6.45, 7) is 2.95. The number of carboxylic acids is 1. The first-order valence-corrected chi connectivity index (χ1v) is 6.05. The molecular weight excluding hydrogens is 190 g/mol. The molecule has 0 bridgehead atoms. The second-order valence-electron chi connectivity index (χ2n) is 4.72. The van der Waals surface area contributed by atoms with Crippen LogP contribution in [0.1, 0.15) is 45.4 Å². The number of nitrogens with zero attached hydrogens (tertiary/aromatic N) is 1. The molecule has 0 aliphatic heterocycles. The van der Waals surface area contributed by atoms with Crippen molar-refractivity contribution in [2.45, 2.75) is 51.5 Å². The van der Waals surface area contributed by atoms with E-state index >= 15 is 0 Å². The number of rotatable bonds is 5. The molecule has 2 atom stereocenters. The standard InChI is InChI=1S/C12H23NO2/c1-3-10-5-4-6-11(9-10)13(2)8-7-12(14)15/h10-11H,3-9H2,1-2H3,(H,14,15). The van der Waals surface area contributed by atoms with Crippen LogP contribution in [0.25, 0.3) is 0 Å². The molecule has 1 aliphatic carbocycles. The van der Waals surface area contributed by atoms with Crippen LogP contribution >= 0.6 is 0 Å². The molecule has 3 nitrogen and oxygen atoms in total. The molecule has 1 rings (SSSR count). The third-order valence-electron chi connectivity index (χ3n) is 3.63. The van der Waals surface area contributed by atoms with Gasteiger partial charge in [-0.25, -0.2) is 0 Å². The molecule has 1 aliphatic rings. The first-order valence-electron chi connectivity index (χ1n) is 6.05. The Labute approximate surface area is 92.5 Å². The lowest BCUT2D eigenvalue weighted by atomic mass is 9.83. The summed E-state index contributed by atoms with van der Waals surface area (Å²) < 4.78 is 0. The highest BCUT2D eigenvalue weighted by Crippen LogP contribution is 2.29. The van der Waals surface area contributed by atoms with Crippen molar-refractivity contribution in [2.75, 3.05) is 13.6 Å². The van der Waals surface area contributed by atoms with E-state index in [-0.39, 0.29) is 6.42 Å². The molecule has 3 heteroatoms. The Balaban J connectivity index is 2.31. The Bertz CT molecular complexity index is 206. The molecule has 0 aromatic rings. The monoisotopic (exact) mass is 213 g/mol. The quantitative estimate of drug-likeness (QED) is 0.762. The largest absolute Gasteiger partial charge is 0.481 e. The van der Waals surface area contributed by atoms with Crippen molar-refractivity contribution < 1.29 is 9.90 Å². The van der Waals surface area contributed by atoms with Crippen molar-refractivity contribution in [2.24, 2.45) is 5.92 Å². The van der Waals surface area contributed by atoms with Crippen LogP contribution < -0.4 is 0 Å². The third kappa shape index (κ3) is 4.20. The van der Waals surface area contributed by atoms with Crippen LogP contribution in [0.5, 0.6) is 0 Å². The average molecular weight is 213 g/mol. The van der Waals surface area contributed by atoms with Crippen LogP contribution in [0, 0.1) is 5.92 Å². The van der Waals surface area contributed by atoms with E-state index in [0.29, 0.717) is 12.6 Å². The maximum atomic E-state index is 10.5. The van der Waals surface area contributed by atoms with Gasteiger partial charge in [-0.2, -0.15) is 0 Å². The maximum Gasteiger partial charge on any atom is 0.304 e. The summed E-state index contributed by atoms with van der Waals surface area (Å²) in [5.74, 6) is 0.167. The summed E-state index contributed by atoms with van der Waals surface area (Å²) in [7, 11) is 2.06. The zero-order chi connectivity index (χ0) is 11.3. The molecule has 0 spiro atoms. The lowest BCUT2D eigenvalue weighted by Crippen LogP contribution is -2.37. The highest BCUT2D eigenvalue weighted by Gasteiger charge is 2.23. The van der Waals surface area contributed by atoms with Crippen LogP contribution in [0.3, 0.4) is 0 Å². The van der Waals surface area contributed by atoms with E-state index in [1.807, 2.05) is 0 Å². The van der Waals surface area contributed by atoms with Crippen molar-refractivity contribution in [1.29, 1.82) is 0 Å². The van der Waals surface area contributed by atoms with Gasteiger partial charge in [-0.1, -0.05) is 26.2 Å². The van der Waals surface area contributed by atoms with Crippen molar-refractivity contribution in [1.82, 2.24) is 4.90 Å². The fourth-order valence-corrected chi connectivity index (χ4v) is 2.49. The number of carboxylic acid groups (broad SMARTS) is 1. The second kappa shape index (κ2) is 6.11. The minimum Gasteiger partial charge on any atom is -0.481 e. The van der Waals surface area contributed by atoms with Crippen molar-refractivity contribution in [3.05, 3.63) is 0 Å². The Morgan fingerprint density at radius 2 is 2.20 bits per heavy atom. The molecule has 0 radical (unpaired) electrons. The van der Waals surface area contributed by atoms with E-state index in [0.717, 1.165) is 5.92 Å². The number of carbonyl (C=O) groups is 1. The SMILES string of the molecule is CCC1CCCC(N(C)CCC(=O)O)C1. The molecule has 0 amide bonds. The maximum absolute atomic E-state index is 10.5. The van der Waals surface area contributed by atoms with E-state index in [1.54, 1.807) is 0 Å². The predicted octanol–water partition coefficient (Wildman–Crippen LogP) is 2.36. The Morgan fingerprint density at radius 3 is 2.80 bits per heavy atom. The lowest BCUT2D eigenvalue weighted by molar-refractivity contribution is -0.137. The minimum absolute atomic E-state index is 0.268. The summed E-state index contributed by atoms with van der Waals surface area (Å²) in [6.07, 6.45) is 6.70. The van der Waals surface area contributed by atoms with Crippen molar-refractivity contribution in [3.8, 4) is 0 Å². The molecule has 1 saturated carbocycles. The summed E-state index contributed by atoms with van der Waals surface area (Å²) in [5, 5.41) is 8.63. The van der Waals surface area contributed by atoms with E-state index in [4.69, 9.17) is 5.11 Å². The van der Waals surface area contributed by atoms with Gasteiger partial charge in [0.05, 0.1) is 6.42 Å². The molecule has 0 aromatic heterocycles. The van der Waals surface area contributed by atoms with E-state index in [9.17, 15) is 4.79 Å². The lowest BCUT2D eigenvalue weighted by Gasteiger charge is -2.34. The van der Waals surface area contributed by atoms with Gasteiger partial charge in [-0.15, -0.1) is 0 Å². The van der Waals surface area contributed by atoms with Gasteiger partial charge in [0, 0.05) is 12.6 Å². The highest BCUT2D eigenvalue weighted by atomic mass is 16.4. The first kappa shape index (κ1) is 12.5. The molecular formula is C12H23NO2. The molecule has 0 saturated heterocycles. The van der Waals surface area contributed by atoms with Crippen LogP contribution in [0.15, 0.2) is 0 Å². The Hall–Kier alpha value is -0.570. The van der Waals surface area contributed by atoms with Crippen molar-refractivity contribution >= 4 is 5.97 Å². The fraction of sp³-hybridized carbons (Fsp3) is 0.917. The van der Waals surface area contributed by atoms with Crippen LogP contribution in [0.4, 0.5) is 0 Å². The summed E-state index contributed by atoms with van der Waals surface area (Å²) in [6, 6.07) is 0.614. The van der Waals surface area contributed by atoms with Gasteiger partial charge in [-0.3, -0.25) is 4.79 Å². The van der Waals surface area contributed by atoms with Gasteiger partial charge >= 0.3 is 5.97 Å². The van der Waals surface area contributed by atoms with Crippen molar-refractivity contribution in [3.63, 3.8) is 0 Å². The molecule has 0 aromatic carbocycles. The van der Waals surface area contributed by atoms with Crippen LogP contribution in [-0.2, 0) is 4.79 Å². The smallest absolute Gasteiger partial charge is 0.304 e. The normalized spacial score (nSPS) is 26.9. The third-order valence-corrected chi connectivity index (χ3v) is 3.63. The molecule has 15 heavy (non-hydrogen) atoms. The fourth-order valence-electron chi connectivity index (χ4n) is 2.49. The summed E-state index contributed by atoms with van der Waals surface area (Å²) >= 11 is 0. The van der Waals surface area contributed by atoms with Gasteiger partial charge in [-0.05, 0) is 25.8 Å². The molecule has 1 fully saturated rings. The topological polar surface area (TPSA) is 40.5 Å². The van der Waals surface area contributed by atoms with Gasteiger partial charge < -0.3 is 10.0 Å². The molecule has 0 heterocycles. The van der Waals surface area contributed by atoms with Gasteiger partial charge in [0.15, 0.2) is 0 Å². The number of hydrogen-bond donors (Lipinski definition) is 1. The van der Waals surface area contributed by atoms with Gasteiger partial charge in [0.1, 0.15) is 0 Å². The molecule has 88 valence electrons. The Morgan fingerprint density at radius 1 is 1.47 bits per heavy atom. The van der Waals surface area contributed by atoms with E-state index in [1.165, 1.54) is 32.1 Å². The Kier molecular flexibility index (Phi) is 5.09. The van der Waals surface area contributed by atoms with Crippen LogP contribution in [-0.4, -0.2) is 35.6 Å². The highest BCUT2D eigenvalue weighted by molar-refractivity contribution is 5.66. The van der Waals surface area contributed by atoms with Crippen LogP contribution in [0.2, 0.25) is 0 Å².